The van der Waals surface area contributed by atoms with Crippen molar-refractivity contribution < 1.29 is 0 Å². The Bertz CT molecular complexity index is 703. The van der Waals surface area contributed by atoms with Crippen LogP contribution in [0.1, 0.15) is 24.4 Å². The van der Waals surface area contributed by atoms with E-state index in [1.54, 1.807) is 18.6 Å². The molecular weight excluding hydrogens is 262 g/mol. The highest BCUT2D eigenvalue weighted by Gasteiger charge is 2.06. The zero-order valence-electron chi connectivity index (χ0n) is 12.1. The standard InChI is InChI=1S/C16H17N5/c1-12(14-5-7-17-8-6-14)20-15-3-4-16(19-11-15)21-10-9-18-13(21)2/h3-12,20H,1-2H3. The highest BCUT2D eigenvalue weighted by molar-refractivity contribution is 5.45. The van der Waals surface area contributed by atoms with Crippen LogP contribution in [0.5, 0.6) is 0 Å². The molecule has 0 bridgehead atoms. The van der Waals surface area contributed by atoms with E-state index < -0.39 is 0 Å². The Hall–Kier alpha value is -2.69. The number of nitrogens with one attached hydrogen (secondary N) is 1. The SMILES string of the molecule is Cc1nccn1-c1ccc(NC(C)c2ccncc2)cn1. The minimum absolute atomic E-state index is 0.204. The van der Waals surface area contributed by atoms with Gasteiger partial charge in [0, 0.05) is 30.8 Å². The van der Waals surface area contributed by atoms with Gasteiger partial charge in [0.15, 0.2) is 0 Å². The van der Waals surface area contributed by atoms with Gasteiger partial charge in [0.2, 0.25) is 0 Å². The molecule has 0 spiro atoms. The van der Waals surface area contributed by atoms with Crippen molar-refractivity contribution in [1.82, 2.24) is 19.5 Å². The second kappa shape index (κ2) is 5.75. The predicted octanol–water partition coefficient (Wildman–Crippen LogP) is 3.14. The quantitative estimate of drug-likeness (QED) is 0.797. The van der Waals surface area contributed by atoms with Gasteiger partial charge in [-0.05, 0) is 43.7 Å². The van der Waals surface area contributed by atoms with E-state index in [1.165, 1.54) is 5.56 Å². The molecule has 0 aliphatic carbocycles. The number of rotatable bonds is 4. The topological polar surface area (TPSA) is 55.6 Å². The third-order valence-electron chi connectivity index (χ3n) is 3.41. The van der Waals surface area contributed by atoms with Gasteiger partial charge in [0.25, 0.3) is 0 Å². The lowest BCUT2D eigenvalue weighted by Gasteiger charge is -2.15. The van der Waals surface area contributed by atoms with Crippen LogP contribution in [0, 0.1) is 6.92 Å². The van der Waals surface area contributed by atoms with Crippen LogP contribution in [0.25, 0.3) is 5.82 Å². The lowest BCUT2D eigenvalue weighted by Crippen LogP contribution is -2.07. The molecule has 1 N–H and O–H groups in total. The average molecular weight is 279 g/mol. The molecule has 0 aromatic carbocycles. The van der Waals surface area contributed by atoms with Crippen molar-refractivity contribution in [2.24, 2.45) is 0 Å². The summed E-state index contributed by atoms with van der Waals surface area (Å²) in [4.78, 5) is 12.7. The molecule has 5 heteroatoms. The molecule has 5 nitrogen and oxygen atoms in total. The van der Waals surface area contributed by atoms with E-state index in [9.17, 15) is 0 Å². The Morgan fingerprint density at radius 1 is 1.05 bits per heavy atom. The largest absolute Gasteiger partial charge is 0.377 e. The van der Waals surface area contributed by atoms with E-state index in [-0.39, 0.29) is 6.04 Å². The van der Waals surface area contributed by atoms with Crippen molar-refractivity contribution in [3.8, 4) is 5.82 Å². The molecule has 1 atom stereocenters. The Morgan fingerprint density at radius 3 is 2.48 bits per heavy atom. The molecule has 0 saturated carbocycles. The number of nitrogens with zero attached hydrogens (tertiary/aromatic N) is 4. The zero-order chi connectivity index (χ0) is 14.7. The molecule has 21 heavy (non-hydrogen) atoms. The average Bonchev–Trinajstić information content (AvgIpc) is 2.95. The maximum absolute atomic E-state index is 4.48. The number of hydrogen-bond acceptors (Lipinski definition) is 4. The first kappa shape index (κ1) is 13.3. The van der Waals surface area contributed by atoms with Crippen LogP contribution in [-0.2, 0) is 0 Å². The second-order valence-corrected chi connectivity index (χ2v) is 4.90. The van der Waals surface area contributed by atoms with Crippen molar-refractivity contribution in [2.45, 2.75) is 19.9 Å². The summed E-state index contributed by atoms with van der Waals surface area (Å²) in [6.45, 7) is 4.07. The fourth-order valence-electron chi connectivity index (χ4n) is 2.22. The third-order valence-corrected chi connectivity index (χ3v) is 3.41. The molecule has 1 unspecified atom stereocenters. The Morgan fingerprint density at radius 2 is 1.86 bits per heavy atom. The Balaban J connectivity index is 1.75. The monoisotopic (exact) mass is 279 g/mol. The van der Waals surface area contributed by atoms with Crippen LogP contribution in [0.3, 0.4) is 0 Å². The fourth-order valence-corrected chi connectivity index (χ4v) is 2.22. The molecule has 0 radical (unpaired) electrons. The molecule has 0 fully saturated rings. The first-order valence-corrected chi connectivity index (χ1v) is 6.87. The molecule has 106 valence electrons. The van der Waals surface area contributed by atoms with Crippen molar-refractivity contribution in [3.63, 3.8) is 0 Å². The number of hydrogen-bond donors (Lipinski definition) is 1. The Kier molecular flexibility index (Phi) is 3.64. The van der Waals surface area contributed by atoms with Gasteiger partial charge in [-0.1, -0.05) is 0 Å². The number of pyridine rings is 2. The van der Waals surface area contributed by atoms with Crippen LogP contribution in [-0.4, -0.2) is 19.5 Å². The van der Waals surface area contributed by atoms with Crippen LogP contribution >= 0.6 is 0 Å². The fraction of sp³-hybridized carbons (Fsp3) is 0.188. The van der Waals surface area contributed by atoms with Crippen molar-refractivity contribution >= 4 is 5.69 Å². The summed E-state index contributed by atoms with van der Waals surface area (Å²) in [5.41, 5.74) is 2.18. The third kappa shape index (κ3) is 2.91. The van der Waals surface area contributed by atoms with E-state index in [0.717, 1.165) is 17.3 Å². The summed E-state index contributed by atoms with van der Waals surface area (Å²) in [5.74, 6) is 1.79. The summed E-state index contributed by atoms with van der Waals surface area (Å²) in [5, 5.41) is 3.43. The predicted molar refractivity (Wildman–Crippen MR) is 82.4 cm³/mol. The van der Waals surface area contributed by atoms with Gasteiger partial charge in [-0.2, -0.15) is 0 Å². The summed E-state index contributed by atoms with van der Waals surface area (Å²) < 4.78 is 1.95. The number of aromatic nitrogens is 4. The minimum Gasteiger partial charge on any atom is -0.377 e. The van der Waals surface area contributed by atoms with Crippen LogP contribution in [0.15, 0.2) is 55.2 Å². The molecule has 0 aliphatic rings. The lowest BCUT2D eigenvalue weighted by atomic mass is 10.1. The molecule has 3 aromatic heterocycles. The molecule has 0 aliphatic heterocycles. The normalized spacial score (nSPS) is 12.1. The molecule has 3 rings (SSSR count). The van der Waals surface area contributed by atoms with E-state index in [4.69, 9.17) is 0 Å². The summed E-state index contributed by atoms with van der Waals surface area (Å²) in [6, 6.07) is 8.23. The van der Waals surface area contributed by atoms with E-state index in [0.29, 0.717) is 0 Å². The van der Waals surface area contributed by atoms with Gasteiger partial charge < -0.3 is 5.32 Å². The van der Waals surface area contributed by atoms with Gasteiger partial charge in [-0.15, -0.1) is 0 Å². The smallest absolute Gasteiger partial charge is 0.138 e. The van der Waals surface area contributed by atoms with E-state index in [2.05, 4.69) is 27.2 Å². The summed E-state index contributed by atoms with van der Waals surface area (Å²) in [6.07, 6.45) is 9.12. The summed E-state index contributed by atoms with van der Waals surface area (Å²) >= 11 is 0. The zero-order valence-corrected chi connectivity index (χ0v) is 12.1. The minimum atomic E-state index is 0.204. The highest BCUT2D eigenvalue weighted by atomic mass is 15.1. The van der Waals surface area contributed by atoms with Gasteiger partial charge >= 0.3 is 0 Å². The first-order valence-electron chi connectivity index (χ1n) is 6.87. The first-order chi connectivity index (χ1) is 10.2. The lowest BCUT2D eigenvalue weighted by molar-refractivity contribution is 0.875. The van der Waals surface area contributed by atoms with Gasteiger partial charge in [-0.3, -0.25) is 9.55 Å². The second-order valence-electron chi connectivity index (χ2n) is 4.90. The maximum Gasteiger partial charge on any atom is 0.138 e. The number of imidazole rings is 1. The van der Waals surface area contributed by atoms with Crippen LogP contribution < -0.4 is 5.32 Å². The van der Waals surface area contributed by atoms with Gasteiger partial charge in [-0.25, -0.2) is 9.97 Å². The molecule has 3 aromatic rings. The number of anilines is 1. The van der Waals surface area contributed by atoms with Crippen molar-refractivity contribution in [3.05, 3.63) is 66.6 Å². The van der Waals surface area contributed by atoms with Crippen molar-refractivity contribution in [1.29, 1.82) is 0 Å². The summed E-state index contributed by atoms with van der Waals surface area (Å²) in [7, 11) is 0. The van der Waals surface area contributed by atoms with Crippen LogP contribution in [0.2, 0.25) is 0 Å². The van der Waals surface area contributed by atoms with Crippen LogP contribution in [0.4, 0.5) is 5.69 Å². The maximum atomic E-state index is 4.48. The van der Waals surface area contributed by atoms with Gasteiger partial charge in [0.1, 0.15) is 11.6 Å². The molecule has 0 saturated heterocycles. The molecular formula is C16H17N5. The van der Waals surface area contributed by atoms with E-state index >= 15 is 0 Å². The molecule has 3 heterocycles. The van der Waals surface area contributed by atoms with Crippen molar-refractivity contribution in [2.75, 3.05) is 5.32 Å². The highest BCUT2D eigenvalue weighted by Crippen LogP contribution is 2.18. The molecule has 0 amide bonds. The van der Waals surface area contributed by atoms with Gasteiger partial charge in [0.05, 0.1) is 11.9 Å². The van der Waals surface area contributed by atoms with E-state index in [1.807, 2.05) is 48.1 Å². The number of aryl methyl sites for hydroxylation is 1. The Labute approximate surface area is 123 Å².